The van der Waals surface area contributed by atoms with Gasteiger partial charge in [-0.15, -0.1) is 0 Å². The van der Waals surface area contributed by atoms with Gasteiger partial charge in [0.1, 0.15) is 17.3 Å². The van der Waals surface area contributed by atoms with Crippen LogP contribution in [0.2, 0.25) is 5.02 Å². The van der Waals surface area contributed by atoms with E-state index in [-0.39, 0.29) is 12.0 Å². The summed E-state index contributed by atoms with van der Waals surface area (Å²) < 4.78 is 25.8. The summed E-state index contributed by atoms with van der Waals surface area (Å²) in [6.45, 7) is 2.91. The highest BCUT2D eigenvalue weighted by molar-refractivity contribution is 6.31. The average molecular weight is 455 g/mol. The number of nitrogens with zero attached hydrogens (tertiary/aromatic N) is 2. The minimum Gasteiger partial charge on any atom is -0.497 e. The Labute approximate surface area is 194 Å². The second kappa shape index (κ2) is 10.3. The summed E-state index contributed by atoms with van der Waals surface area (Å²) in [5, 5.41) is 0.745. The Morgan fingerprint density at radius 2 is 1.53 bits per heavy atom. The van der Waals surface area contributed by atoms with Crippen LogP contribution >= 0.6 is 11.6 Å². The van der Waals surface area contributed by atoms with Crippen LogP contribution in [0, 0.1) is 5.82 Å². The van der Waals surface area contributed by atoms with Crippen molar-refractivity contribution in [3.05, 3.63) is 94.3 Å². The van der Waals surface area contributed by atoms with Gasteiger partial charge in [-0.2, -0.15) is 0 Å². The molecule has 3 aromatic rings. The first-order chi connectivity index (χ1) is 15.6. The molecule has 168 valence electrons. The fourth-order valence-electron chi connectivity index (χ4n) is 4.41. The lowest BCUT2D eigenvalue weighted by molar-refractivity contribution is -0.0110. The van der Waals surface area contributed by atoms with Crippen molar-refractivity contribution in [2.45, 2.75) is 25.7 Å². The smallest absolute Gasteiger partial charge is 0.127 e. The molecule has 0 N–H and O–H groups in total. The molecule has 4 rings (SSSR count). The van der Waals surface area contributed by atoms with Gasteiger partial charge >= 0.3 is 0 Å². The number of benzene rings is 3. The Balaban J connectivity index is 1.75. The largest absolute Gasteiger partial charge is 0.497 e. The third-order valence-corrected chi connectivity index (χ3v) is 6.33. The van der Waals surface area contributed by atoms with E-state index in [1.165, 1.54) is 6.07 Å². The first-order valence-corrected chi connectivity index (χ1v) is 11.2. The minimum atomic E-state index is -0.188. The number of methoxy groups -OCH3 is 2. The molecule has 1 fully saturated rings. The molecule has 0 saturated carbocycles. The quantitative estimate of drug-likeness (QED) is 0.443. The summed E-state index contributed by atoms with van der Waals surface area (Å²) in [4.78, 5) is 4.68. The normalized spacial score (nSPS) is 17.3. The van der Waals surface area contributed by atoms with Crippen molar-refractivity contribution in [2.75, 3.05) is 27.3 Å². The van der Waals surface area contributed by atoms with Gasteiger partial charge in [0.05, 0.1) is 20.4 Å². The Bertz CT molecular complexity index is 1010. The second-order valence-electron chi connectivity index (χ2n) is 7.96. The van der Waals surface area contributed by atoms with Crippen molar-refractivity contribution in [1.29, 1.82) is 0 Å². The van der Waals surface area contributed by atoms with Gasteiger partial charge in [0.2, 0.25) is 0 Å². The highest BCUT2D eigenvalue weighted by atomic mass is 35.5. The zero-order chi connectivity index (χ0) is 22.5. The van der Waals surface area contributed by atoms with E-state index in [2.05, 4.69) is 15.9 Å². The van der Waals surface area contributed by atoms with Crippen molar-refractivity contribution in [3.8, 4) is 11.5 Å². The van der Waals surface area contributed by atoms with Crippen LogP contribution in [-0.4, -0.2) is 37.1 Å². The minimum absolute atomic E-state index is 0.121. The fraction of sp³-hybridized carbons (Fsp3) is 0.308. The molecular formula is C26H28ClFN2O2. The van der Waals surface area contributed by atoms with Crippen molar-refractivity contribution in [3.63, 3.8) is 0 Å². The monoisotopic (exact) mass is 454 g/mol. The third kappa shape index (κ3) is 4.90. The molecule has 0 amide bonds. The lowest BCUT2D eigenvalue weighted by Gasteiger charge is -2.45. The zero-order valence-corrected chi connectivity index (χ0v) is 19.2. The van der Waals surface area contributed by atoms with Crippen LogP contribution < -0.4 is 9.47 Å². The van der Waals surface area contributed by atoms with E-state index in [9.17, 15) is 4.39 Å². The Hall–Kier alpha value is -2.60. The molecule has 4 nitrogen and oxygen atoms in total. The molecule has 0 aliphatic carbocycles. The molecule has 0 unspecified atom stereocenters. The zero-order valence-electron chi connectivity index (χ0n) is 18.4. The molecule has 1 saturated heterocycles. The topological polar surface area (TPSA) is 24.9 Å². The van der Waals surface area contributed by atoms with Gasteiger partial charge in [-0.1, -0.05) is 48.0 Å². The van der Waals surface area contributed by atoms with E-state index in [1.54, 1.807) is 20.3 Å². The van der Waals surface area contributed by atoms with Crippen LogP contribution in [0.25, 0.3) is 0 Å². The van der Waals surface area contributed by atoms with Crippen molar-refractivity contribution >= 4 is 11.6 Å². The summed E-state index contributed by atoms with van der Waals surface area (Å²) in [5.74, 6) is 1.35. The Kier molecular flexibility index (Phi) is 7.30. The van der Waals surface area contributed by atoms with E-state index in [4.69, 9.17) is 21.1 Å². The first kappa shape index (κ1) is 22.6. The van der Waals surface area contributed by atoms with Gasteiger partial charge in [0.25, 0.3) is 0 Å². The number of halogens is 2. The maximum absolute atomic E-state index is 14.5. The van der Waals surface area contributed by atoms with Crippen molar-refractivity contribution in [1.82, 2.24) is 9.80 Å². The van der Waals surface area contributed by atoms with Gasteiger partial charge in [-0.25, -0.2) is 4.39 Å². The summed E-state index contributed by atoms with van der Waals surface area (Å²) in [6, 6.07) is 20.7. The maximum Gasteiger partial charge on any atom is 0.127 e. The van der Waals surface area contributed by atoms with Crippen LogP contribution in [0.3, 0.4) is 0 Å². The predicted octanol–water partition coefficient (Wildman–Crippen LogP) is 5.90. The standard InChI is InChI=1S/C26H28ClFN2O2/c1-31-21-12-13-25(32-2)22(16-21)26-29(17-19-8-3-5-10-23(19)27)14-7-15-30(26)18-20-9-4-6-11-24(20)28/h3-6,8-13,16,26H,7,14-15,17-18H2,1-2H3/t26-/m0/s1. The first-order valence-electron chi connectivity index (χ1n) is 10.8. The predicted molar refractivity (Wildman–Crippen MR) is 126 cm³/mol. The van der Waals surface area contributed by atoms with Gasteiger partial charge in [-0.3, -0.25) is 9.80 Å². The SMILES string of the molecule is COc1ccc(OC)c([C@@H]2N(Cc3ccccc3F)CCCN2Cc2ccccc2Cl)c1. The lowest BCUT2D eigenvalue weighted by Crippen LogP contribution is -2.47. The number of hydrogen-bond acceptors (Lipinski definition) is 4. The van der Waals surface area contributed by atoms with Gasteiger partial charge in [0.15, 0.2) is 0 Å². The van der Waals surface area contributed by atoms with Crippen LogP contribution in [0.4, 0.5) is 4.39 Å². The molecule has 3 aromatic carbocycles. The molecule has 0 radical (unpaired) electrons. The van der Waals surface area contributed by atoms with Crippen LogP contribution in [0.15, 0.2) is 66.7 Å². The van der Waals surface area contributed by atoms with Crippen LogP contribution in [-0.2, 0) is 13.1 Å². The molecule has 0 spiro atoms. The van der Waals surface area contributed by atoms with Gasteiger partial charge in [0, 0.05) is 42.3 Å². The van der Waals surface area contributed by atoms with Crippen molar-refractivity contribution < 1.29 is 13.9 Å². The van der Waals surface area contributed by atoms with Gasteiger partial charge < -0.3 is 9.47 Å². The number of rotatable bonds is 7. The van der Waals surface area contributed by atoms with Crippen molar-refractivity contribution in [2.24, 2.45) is 0 Å². The van der Waals surface area contributed by atoms with E-state index in [0.717, 1.165) is 47.2 Å². The highest BCUT2D eigenvalue weighted by Crippen LogP contribution is 2.39. The summed E-state index contributed by atoms with van der Waals surface area (Å²) in [7, 11) is 3.33. The molecule has 32 heavy (non-hydrogen) atoms. The molecule has 6 heteroatoms. The van der Waals surface area contributed by atoms with Crippen LogP contribution in [0.5, 0.6) is 11.5 Å². The summed E-state index contributed by atoms with van der Waals surface area (Å²) in [5.41, 5.74) is 2.74. The molecule has 1 aliphatic rings. The molecule has 0 aromatic heterocycles. The Morgan fingerprint density at radius 3 is 2.19 bits per heavy atom. The van der Waals surface area contributed by atoms with E-state index in [0.29, 0.717) is 18.7 Å². The lowest BCUT2D eigenvalue weighted by atomic mass is 10.0. The fourth-order valence-corrected chi connectivity index (χ4v) is 4.60. The average Bonchev–Trinajstić information content (AvgIpc) is 2.82. The number of hydrogen-bond donors (Lipinski definition) is 0. The third-order valence-electron chi connectivity index (χ3n) is 5.96. The second-order valence-corrected chi connectivity index (χ2v) is 8.37. The Morgan fingerprint density at radius 1 is 0.875 bits per heavy atom. The van der Waals surface area contributed by atoms with Crippen LogP contribution in [0.1, 0.15) is 29.3 Å². The summed E-state index contributed by atoms with van der Waals surface area (Å²) >= 11 is 6.50. The summed E-state index contributed by atoms with van der Waals surface area (Å²) in [6.07, 6.45) is 0.853. The highest BCUT2D eigenvalue weighted by Gasteiger charge is 2.33. The van der Waals surface area contributed by atoms with E-state index < -0.39 is 0 Å². The number of ether oxygens (including phenoxy) is 2. The molecule has 0 bridgehead atoms. The molecular weight excluding hydrogens is 427 g/mol. The molecule has 1 aliphatic heterocycles. The van der Waals surface area contributed by atoms with Gasteiger partial charge in [-0.05, 0) is 42.3 Å². The van der Waals surface area contributed by atoms with E-state index >= 15 is 0 Å². The molecule has 1 atom stereocenters. The molecule has 1 heterocycles. The van der Waals surface area contributed by atoms with E-state index in [1.807, 2.05) is 48.5 Å². The maximum atomic E-state index is 14.5.